The van der Waals surface area contributed by atoms with E-state index in [2.05, 4.69) is 37.8 Å². The fourth-order valence-electron chi connectivity index (χ4n) is 2.69. The molecule has 0 amide bonds. The summed E-state index contributed by atoms with van der Waals surface area (Å²) in [7, 11) is 0. The quantitative estimate of drug-likeness (QED) is 0.918. The first-order valence-corrected chi connectivity index (χ1v) is 7.55. The van der Waals surface area contributed by atoms with Gasteiger partial charge in [0.25, 0.3) is 0 Å². The molecule has 1 aromatic rings. The lowest BCUT2D eigenvalue weighted by molar-refractivity contribution is -0.0827. The van der Waals surface area contributed by atoms with E-state index in [1.807, 2.05) is 12.1 Å². The van der Waals surface area contributed by atoms with Crippen molar-refractivity contribution in [1.29, 1.82) is 0 Å². The molecule has 0 radical (unpaired) electrons. The molecule has 3 heteroatoms. The number of aliphatic hydroxyl groups excluding tert-OH is 1. The first-order valence-electron chi connectivity index (χ1n) is 7.55. The number of rotatable bonds is 4. The molecule has 1 saturated heterocycles. The molecule has 0 saturated carbocycles. The van der Waals surface area contributed by atoms with E-state index < -0.39 is 0 Å². The highest BCUT2D eigenvalue weighted by Crippen LogP contribution is 2.21. The summed E-state index contributed by atoms with van der Waals surface area (Å²) in [6.07, 6.45) is 2.64. The summed E-state index contributed by atoms with van der Waals surface area (Å²) in [5, 5.41) is 9.05. The number of aliphatic hydroxyl groups is 1. The van der Waals surface area contributed by atoms with Gasteiger partial charge in [-0.25, -0.2) is 0 Å². The molecule has 3 nitrogen and oxygen atoms in total. The lowest BCUT2D eigenvalue weighted by Crippen LogP contribution is -2.39. The Labute approximate surface area is 122 Å². The Kier molecular flexibility index (Phi) is 5.19. The smallest absolute Gasteiger partial charge is 0.0681 e. The Bertz CT molecular complexity index is 400. The molecule has 0 atom stereocenters. The number of hydrogen-bond acceptors (Lipinski definition) is 3. The normalized spacial score (nSPS) is 18.4. The van der Waals surface area contributed by atoms with Crippen LogP contribution in [0.2, 0.25) is 0 Å². The highest BCUT2D eigenvalue weighted by molar-refractivity contribution is 5.21. The predicted molar refractivity (Wildman–Crippen MR) is 81.5 cm³/mol. The third-order valence-electron chi connectivity index (χ3n) is 3.67. The Balaban J connectivity index is 1.79. The molecule has 0 unspecified atom stereocenters. The first kappa shape index (κ1) is 15.5. The maximum atomic E-state index is 9.05. The minimum atomic E-state index is -0.0348. The first-order chi connectivity index (χ1) is 9.46. The van der Waals surface area contributed by atoms with E-state index in [-0.39, 0.29) is 12.2 Å². The van der Waals surface area contributed by atoms with Crippen LogP contribution in [0.25, 0.3) is 0 Å². The fourth-order valence-corrected chi connectivity index (χ4v) is 2.69. The minimum absolute atomic E-state index is 0.0348. The summed E-state index contributed by atoms with van der Waals surface area (Å²) >= 11 is 0. The van der Waals surface area contributed by atoms with Crippen molar-refractivity contribution in [3.63, 3.8) is 0 Å². The molecule has 1 aliphatic heterocycles. The van der Waals surface area contributed by atoms with Crippen LogP contribution < -0.4 is 0 Å². The average Bonchev–Trinajstić information content (AvgIpc) is 2.40. The fraction of sp³-hybridized carbons (Fsp3) is 0.647. The summed E-state index contributed by atoms with van der Waals surface area (Å²) in [6, 6.07) is 8.24. The standard InChI is InChI=1S/C17H27NO2/c1-17(2,3)20-16-8-10-18(11-9-16)12-14-4-6-15(13-19)7-5-14/h4-7,16,19H,8-13H2,1-3H3. The summed E-state index contributed by atoms with van der Waals surface area (Å²) in [4.78, 5) is 2.48. The van der Waals surface area contributed by atoms with Crippen LogP contribution in [0.1, 0.15) is 44.7 Å². The summed E-state index contributed by atoms with van der Waals surface area (Å²) in [5.74, 6) is 0. The molecule has 0 aliphatic carbocycles. The van der Waals surface area contributed by atoms with Gasteiger partial charge in [0.2, 0.25) is 0 Å². The lowest BCUT2D eigenvalue weighted by Gasteiger charge is -2.35. The molecule has 1 aliphatic rings. The van der Waals surface area contributed by atoms with Crippen molar-refractivity contribution in [3.05, 3.63) is 35.4 Å². The number of piperidine rings is 1. The Hall–Kier alpha value is -0.900. The molecule has 1 N–H and O–H groups in total. The van der Waals surface area contributed by atoms with Crippen molar-refractivity contribution in [2.24, 2.45) is 0 Å². The average molecular weight is 277 g/mol. The second-order valence-corrected chi connectivity index (χ2v) is 6.68. The van der Waals surface area contributed by atoms with E-state index in [1.54, 1.807) is 0 Å². The van der Waals surface area contributed by atoms with Gasteiger partial charge in [0, 0.05) is 19.6 Å². The van der Waals surface area contributed by atoms with E-state index in [9.17, 15) is 0 Å². The second kappa shape index (κ2) is 6.70. The predicted octanol–water partition coefficient (Wildman–Crippen LogP) is 2.96. The van der Waals surface area contributed by atoms with Crippen molar-refractivity contribution in [3.8, 4) is 0 Å². The van der Waals surface area contributed by atoms with E-state index in [0.29, 0.717) is 6.10 Å². The summed E-state index contributed by atoms with van der Waals surface area (Å²) in [5.41, 5.74) is 2.26. The number of ether oxygens (including phenoxy) is 1. The van der Waals surface area contributed by atoms with Crippen LogP contribution in [-0.4, -0.2) is 34.8 Å². The van der Waals surface area contributed by atoms with Crippen molar-refractivity contribution >= 4 is 0 Å². The Morgan fingerprint density at radius 2 is 1.65 bits per heavy atom. The van der Waals surface area contributed by atoms with Crippen LogP contribution >= 0.6 is 0 Å². The molecule has 112 valence electrons. The topological polar surface area (TPSA) is 32.7 Å². The molecular formula is C17H27NO2. The third-order valence-corrected chi connectivity index (χ3v) is 3.67. The third kappa shape index (κ3) is 4.89. The summed E-state index contributed by atoms with van der Waals surface area (Å²) in [6.45, 7) is 9.70. The zero-order valence-electron chi connectivity index (χ0n) is 12.9. The zero-order chi connectivity index (χ0) is 14.6. The Morgan fingerprint density at radius 1 is 1.10 bits per heavy atom. The molecule has 0 bridgehead atoms. The highest BCUT2D eigenvalue weighted by Gasteiger charge is 2.24. The number of hydrogen-bond donors (Lipinski definition) is 1. The van der Waals surface area contributed by atoms with E-state index >= 15 is 0 Å². The zero-order valence-corrected chi connectivity index (χ0v) is 12.9. The molecule has 2 rings (SSSR count). The van der Waals surface area contributed by atoms with Crippen LogP contribution in [0.4, 0.5) is 0 Å². The molecule has 1 heterocycles. The van der Waals surface area contributed by atoms with Crippen LogP contribution in [-0.2, 0) is 17.9 Å². The maximum Gasteiger partial charge on any atom is 0.0681 e. The monoisotopic (exact) mass is 277 g/mol. The van der Waals surface area contributed by atoms with Crippen molar-refractivity contribution in [1.82, 2.24) is 4.90 Å². The molecule has 20 heavy (non-hydrogen) atoms. The van der Waals surface area contributed by atoms with Crippen LogP contribution in [0.5, 0.6) is 0 Å². The number of likely N-dealkylation sites (tertiary alicyclic amines) is 1. The molecule has 1 fully saturated rings. The van der Waals surface area contributed by atoms with Crippen LogP contribution in [0, 0.1) is 0 Å². The minimum Gasteiger partial charge on any atom is -0.392 e. The van der Waals surface area contributed by atoms with Gasteiger partial charge in [-0.05, 0) is 44.7 Å². The molecular weight excluding hydrogens is 250 g/mol. The van der Waals surface area contributed by atoms with E-state index in [0.717, 1.165) is 38.0 Å². The molecule has 0 spiro atoms. The van der Waals surface area contributed by atoms with Gasteiger partial charge in [0.05, 0.1) is 18.3 Å². The van der Waals surface area contributed by atoms with Crippen LogP contribution in [0.3, 0.4) is 0 Å². The lowest BCUT2D eigenvalue weighted by atomic mass is 10.0. The van der Waals surface area contributed by atoms with E-state index in [4.69, 9.17) is 9.84 Å². The van der Waals surface area contributed by atoms with Gasteiger partial charge in [0.15, 0.2) is 0 Å². The van der Waals surface area contributed by atoms with Gasteiger partial charge in [-0.3, -0.25) is 4.90 Å². The second-order valence-electron chi connectivity index (χ2n) is 6.68. The van der Waals surface area contributed by atoms with Gasteiger partial charge < -0.3 is 9.84 Å². The number of nitrogens with zero attached hydrogens (tertiary/aromatic N) is 1. The highest BCUT2D eigenvalue weighted by atomic mass is 16.5. The summed E-state index contributed by atoms with van der Waals surface area (Å²) < 4.78 is 6.05. The van der Waals surface area contributed by atoms with Crippen molar-refractivity contribution in [2.75, 3.05) is 13.1 Å². The SMILES string of the molecule is CC(C)(C)OC1CCN(Cc2ccc(CO)cc2)CC1. The molecule has 1 aromatic carbocycles. The van der Waals surface area contributed by atoms with Crippen LogP contribution in [0.15, 0.2) is 24.3 Å². The Morgan fingerprint density at radius 3 is 2.15 bits per heavy atom. The van der Waals surface area contributed by atoms with Crippen molar-refractivity contribution in [2.45, 2.75) is 58.5 Å². The van der Waals surface area contributed by atoms with Crippen molar-refractivity contribution < 1.29 is 9.84 Å². The van der Waals surface area contributed by atoms with E-state index in [1.165, 1.54) is 5.56 Å². The van der Waals surface area contributed by atoms with Gasteiger partial charge in [-0.15, -0.1) is 0 Å². The molecule has 0 aromatic heterocycles. The van der Waals surface area contributed by atoms with Gasteiger partial charge in [-0.1, -0.05) is 24.3 Å². The largest absolute Gasteiger partial charge is 0.392 e. The maximum absolute atomic E-state index is 9.05. The van der Waals surface area contributed by atoms with Gasteiger partial charge in [0.1, 0.15) is 0 Å². The number of benzene rings is 1. The van der Waals surface area contributed by atoms with Gasteiger partial charge in [-0.2, -0.15) is 0 Å². The van der Waals surface area contributed by atoms with Gasteiger partial charge >= 0.3 is 0 Å².